The second kappa shape index (κ2) is 6.28. The molecule has 1 aromatic heterocycles. The lowest BCUT2D eigenvalue weighted by atomic mass is 10.3. The number of amides is 2. The van der Waals surface area contributed by atoms with Crippen molar-refractivity contribution >= 4 is 11.8 Å². The van der Waals surface area contributed by atoms with Crippen LogP contribution < -0.4 is 16.4 Å². The molecule has 19 heavy (non-hydrogen) atoms. The fraction of sp³-hybridized carbons (Fsp3) is 0.636. The van der Waals surface area contributed by atoms with Gasteiger partial charge >= 0.3 is 0 Å². The zero-order valence-electron chi connectivity index (χ0n) is 10.6. The molecule has 1 heterocycles. The van der Waals surface area contributed by atoms with Crippen molar-refractivity contribution in [3.63, 3.8) is 0 Å². The molecule has 4 N–H and O–H groups in total. The Balaban J connectivity index is 1.69. The summed E-state index contributed by atoms with van der Waals surface area (Å²) in [5.41, 5.74) is 5.60. The topological polar surface area (TPSA) is 115 Å². The zero-order valence-corrected chi connectivity index (χ0v) is 10.6. The summed E-state index contributed by atoms with van der Waals surface area (Å²) >= 11 is 0. The van der Waals surface area contributed by atoms with E-state index in [1.807, 2.05) is 0 Å². The molecule has 1 fully saturated rings. The minimum atomic E-state index is -0.331. The van der Waals surface area contributed by atoms with E-state index in [2.05, 4.69) is 20.9 Å². The van der Waals surface area contributed by atoms with Gasteiger partial charge in [0.2, 0.25) is 5.91 Å². The highest BCUT2D eigenvalue weighted by Gasteiger charge is 2.22. The number of rotatable bonds is 7. The Hall–Kier alpha value is -1.96. The maximum atomic E-state index is 11.7. The fourth-order valence-corrected chi connectivity index (χ4v) is 1.55. The van der Waals surface area contributed by atoms with Gasteiger partial charge in [-0.05, 0) is 12.8 Å². The number of hydrogen-bond donors (Lipinski definition) is 3. The van der Waals surface area contributed by atoms with Crippen molar-refractivity contribution in [1.82, 2.24) is 25.6 Å². The summed E-state index contributed by atoms with van der Waals surface area (Å²) in [5.74, 6) is -0.364. The van der Waals surface area contributed by atoms with E-state index in [9.17, 15) is 9.59 Å². The summed E-state index contributed by atoms with van der Waals surface area (Å²) in [6.07, 6.45) is 3.93. The number of nitrogens with two attached hydrogens (primary N) is 1. The van der Waals surface area contributed by atoms with Crippen LogP contribution in [0.25, 0.3) is 0 Å². The van der Waals surface area contributed by atoms with Gasteiger partial charge in [-0.15, -0.1) is 5.10 Å². The van der Waals surface area contributed by atoms with Gasteiger partial charge < -0.3 is 16.4 Å². The zero-order chi connectivity index (χ0) is 13.7. The highest BCUT2D eigenvalue weighted by molar-refractivity contribution is 5.92. The number of hydrogen-bond acceptors (Lipinski definition) is 5. The molecule has 2 rings (SSSR count). The molecule has 1 aliphatic rings. The summed E-state index contributed by atoms with van der Waals surface area (Å²) in [5, 5.41) is 13.0. The summed E-state index contributed by atoms with van der Waals surface area (Å²) in [7, 11) is 0. The standard InChI is InChI=1S/C11H18N6O2/c12-4-6-17-7-9(15-16-17)11(19)13-5-3-10(18)14-8-1-2-8/h7-8H,1-6,12H2,(H,13,19)(H,14,18). The van der Waals surface area contributed by atoms with E-state index in [0.29, 0.717) is 25.7 Å². The molecule has 0 spiro atoms. The van der Waals surface area contributed by atoms with E-state index in [-0.39, 0.29) is 23.9 Å². The van der Waals surface area contributed by atoms with Crippen molar-refractivity contribution in [3.05, 3.63) is 11.9 Å². The molecule has 0 unspecified atom stereocenters. The number of nitrogens with zero attached hydrogens (tertiary/aromatic N) is 3. The second-order valence-electron chi connectivity index (χ2n) is 4.50. The maximum absolute atomic E-state index is 11.7. The van der Waals surface area contributed by atoms with Gasteiger partial charge in [0.15, 0.2) is 5.69 Å². The van der Waals surface area contributed by atoms with Crippen molar-refractivity contribution in [2.24, 2.45) is 5.73 Å². The molecule has 2 amide bonds. The predicted octanol–water partition coefficient (Wildman–Crippen LogP) is -1.36. The van der Waals surface area contributed by atoms with Crippen molar-refractivity contribution in [3.8, 4) is 0 Å². The SMILES string of the molecule is NCCn1cc(C(=O)NCCC(=O)NC2CC2)nn1. The molecular formula is C11H18N6O2. The number of carbonyl (C=O) groups excluding carboxylic acids is 2. The molecule has 1 aliphatic carbocycles. The molecule has 1 saturated carbocycles. The Bertz CT molecular complexity index is 454. The third kappa shape index (κ3) is 4.32. The third-order valence-corrected chi connectivity index (χ3v) is 2.71. The highest BCUT2D eigenvalue weighted by Crippen LogP contribution is 2.18. The van der Waals surface area contributed by atoms with Gasteiger partial charge in [0.1, 0.15) is 0 Å². The van der Waals surface area contributed by atoms with Gasteiger partial charge in [-0.2, -0.15) is 0 Å². The number of aromatic nitrogens is 3. The minimum Gasteiger partial charge on any atom is -0.353 e. The Kier molecular flexibility index (Phi) is 4.45. The van der Waals surface area contributed by atoms with Gasteiger partial charge in [-0.1, -0.05) is 5.21 Å². The van der Waals surface area contributed by atoms with Crippen molar-refractivity contribution in [2.45, 2.75) is 31.8 Å². The Morgan fingerprint density at radius 1 is 1.47 bits per heavy atom. The van der Waals surface area contributed by atoms with Gasteiger partial charge in [-0.3, -0.25) is 14.3 Å². The first-order valence-electron chi connectivity index (χ1n) is 6.37. The lowest BCUT2D eigenvalue weighted by Gasteiger charge is -2.04. The molecule has 0 aromatic carbocycles. The predicted molar refractivity (Wildman–Crippen MR) is 67.2 cm³/mol. The fourth-order valence-electron chi connectivity index (χ4n) is 1.55. The molecule has 0 atom stereocenters. The molecule has 104 valence electrons. The van der Waals surface area contributed by atoms with Crippen LogP contribution in [0, 0.1) is 0 Å². The van der Waals surface area contributed by atoms with E-state index in [4.69, 9.17) is 5.73 Å². The van der Waals surface area contributed by atoms with Gasteiger partial charge in [-0.25, -0.2) is 0 Å². The van der Waals surface area contributed by atoms with Gasteiger partial charge in [0.05, 0.1) is 12.7 Å². The van der Waals surface area contributed by atoms with Gasteiger partial charge in [0.25, 0.3) is 5.91 Å². The van der Waals surface area contributed by atoms with E-state index >= 15 is 0 Å². The normalized spacial score (nSPS) is 14.2. The van der Waals surface area contributed by atoms with Crippen LogP contribution in [0.2, 0.25) is 0 Å². The van der Waals surface area contributed by atoms with Crippen LogP contribution in [-0.2, 0) is 11.3 Å². The Morgan fingerprint density at radius 3 is 2.95 bits per heavy atom. The van der Waals surface area contributed by atoms with Crippen LogP contribution in [0.1, 0.15) is 29.8 Å². The molecular weight excluding hydrogens is 248 g/mol. The van der Waals surface area contributed by atoms with Crippen molar-refractivity contribution < 1.29 is 9.59 Å². The molecule has 1 aromatic rings. The molecule has 8 nitrogen and oxygen atoms in total. The van der Waals surface area contributed by atoms with Crippen LogP contribution in [0.15, 0.2) is 6.20 Å². The molecule has 0 radical (unpaired) electrons. The van der Waals surface area contributed by atoms with E-state index in [1.54, 1.807) is 0 Å². The van der Waals surface area contributed by atoms with E-state index < -0.39 is 0 Å². The smallest absolute Gasteiger partial charge is 0.273 e. The maximum Gasteiger partial charge on any atom is 0.273 e. The lowest BCUT2D eigenvalue weighted by Crippen LogP contribution is -2.31. The summed E-state index contributed by atoms with van der Waals surface area (Å²) in [4.78, 5) is 23.1. The summed E-state index contributed by atoms with van der Waals surface area (Å²) in [6.45, 7) is 1.25. The molecule has 0 bridgehead atoms. The third-order valence-electron chi connectivity index (χ3n) is 2.71. The summed E-state index contributed by atoms with van der Waals surface area (Å²) in [6, 6.07) is 0.347. The van der Waals surface area contributed by atoms with Crippen molar-refractivity contribution in [2.75, 3.05) is 13.1 Å². The Morgan fingerprint density at radius 2 is 2.26 bits per heavy atom. The number of carbonyl (C=O) groups is 2. The van der Waals surface area contributed by atoms with Crippen LogP contribution in [0.4, 0.5) is 0 Å². The lowest BCUT2D eigenvalue weighted by molar-refractivity contribution is -0.121. The Labute approximate surface area is 110 Å². The molecule has 0 saturated heterocycles. The van der Waals surface area contributed by atoms with E-state index in [0.717, 1.165) is 12.8 Å². The van der Waals surface area contributed by atoms with Crippen molar-refractivity contribution in [1.29, 1.82) is 0 Å². The first-order valence-corrected chi connectivity index (χ1v) is 6.37. The monoisotopic (exact) mass is 266 g/mol. The quantitative estimate of drug-likeness (QED) is 0.563. The average molecular weight is 266 g/mol. The van der Waals surface area contributed by atoms with E-state index in [1.165, 1.54) is 10.9 Å². The average Bonchev–Trinajstić information content (AvgIpc) is 3.05. The van der Waals surface area contributed by atoms with Crippen LogP contribution in [0.5, 0.6) is 0 Å². The van der Waals surface area contributed by atoms with Gasteiger partial charge in [0, 0.05) is 25.6 Å². The van der Waals surface area contributed by atoms with Crippen LogP contribution in [-0.4, -0.2) is 45.9 Å². The number of nitrogens with one attached hydrogen (secondary N) is 2. The molecule has 8 heteroatoms. The first kappa shape index (κ1) is 13.5. The minimum absolute atomic E-state index is 0.0328. The largest absolute Gasteiger partial charge is 0.353 e. The van der Waals surface area contributed by atoms with Crippen LogP contribution >= 0.6 is 0 Å². The first-order chi connectivity index (χ1) is 9.19. The van der Waals surface area contributed by atoms with Crippen LogP contribution in [0.3, 0.4) is 0 Å². The molecule has 0 aliphatic heterocycles. The summed E-state index contributed by atoms with van der Waals surface area (Å²) < 4.78 is 1.51. The second-order valence-corrected chi connectivity index (χ2v) is 4.50. The highest BCUT2D eigenvalue weighted by atomic mass is 16.2.